The van der Waals surface area contributed by atoms with Crippen molar-refractivity contribution in [1.29, 1.82) is 0 Å². The Bertz CT molecular complexity index is 2590. The fraction of sp³-hybridized carbons (Fsp3) is 0.283. The van der Waals surface area contributed by atoms with Crippen molar-refractivity contribution < 1.29 is 24.1 Å². The number of rotatable bonds is 19. The van der Waals surface area contributed by atoms with Crippen molar-refractivity contribution >= 4 is 153 Å². The van der Waals surface area contributed by atoms with Gasteiger partial charge in [0.1, 0.15) is 23.5 Å². The number of aliphatic hydroxyl groups excluding tert-OH is 1. The molecule has 414 valence electrons. The molecule has 0 aliphatic carbocycles. The summed E-state index contributed by atoms with van der Waals surface area (Å²) in [6.45, 7) is 0.167. The van der Waals surface area contributed by atoms with E-state index in [1.54, 1.807) is 27.4 Å². The summed E-state index contributed by atoms with van der Waals surface area (Å²) in [6.07, 6.45) is 4.47. The van der Waals surface area contributed by atoms with Gasteiger partial charge in [0.05, 0.1) is 21.3 Å². The molecule has 16 heteroatoms. The van der Waals surface area contributed by atoms with Crippen LogP contribution in [0.3, 0.4) is 0 Å². The highest BCUT2D eigenvalue weighted by atomic mass is 79.9. The van der Waals surface area contributed by atoms with Crippen molar-refractivity contribution in [3.63, 3.8) is 0 Å². The highest BCUT2D eigenvalue weighted by Crippen LogP contribution is 2.26. The van der Waals surface area contributed by atoms with Crippen LogP contribution in [0.25, 0.3) is 0 Å². The van der Waals surface area contributed by atoms with Gasteiger partial charge in [-0.1, -0.05) is 193 Å². The molecular weight excluding hydrogens is 1360 g/mol. The van der Waals surface area contributed by atoms with E-state index in [0.717, 1.165) is 111 Å². The van der Waals surface area contributed by atoms with Crippen LogP contribution < -0.4 is 14.2 Å². The number of benzene rings is 7. The Hall–Kier alpha value is -2.30. The van der Waals surface area contributed by atoms with Crippen LogP contribution in [0.4, 0.5) is 0 Å². The maximum absolute atomic E-state index is 11.0. The molecule has 0 amide bonds. The number of thiol groups is 1. The second-order valence-corrected chi connectivity index (χ2v) is 23.0. The number of carbonyl (C=O) groups excluding carboxylic acids is 1. The van der Waals surface area contributed by atoms with Crippen LogP contribution in [0.5, 0.6) is 17.2 Å². The molecule has 7 aromatic carbocycles. The SMILES string of the molecule is C.C.C.COc1ccc(CS)cc1.COc1ccc(CSCCc2ccc(Cl)cc2Br)cc1.COc1ccc(CSCCc2ccc(Cl)cc2C=O)cc1.Clc1ccc(CCBr)c(Br)c1.OCCc1ccc(Cl)cc1Br. The maximum atomic E-state index is 11.0. The monoisotopic (exact) mass is 1420 g/mol. The number of ether oxygens (including phenoxy) is 3. The molecule has 0 aliphatic rings. The first-order valence-electron chi connectivity index (χ1n) is 22.6. The van der Waals surface area contributed by atoms with E-state index in [1.807, 2.05) is 133 Å². The molecule has 7 aromatic rings. The lowest BCUT2D eigenvalue weighted by Gasteiger charge is -2.06. The number of methoxy groups -OCH3 is 3. The summed E-state index contributed by atoms with van der Waals surface area (Å²) in [7, 11) is 5.02. The standard InChI is InChI=1S/C17H17ClO2S.C16H16BrClOS.C8H7Br2Cl.C8H8BrClO.C8H10OS.3CH4/c1-20-17-6-2-13(3-7-17)12-21-9-8-14-4-5-16(18)10-15(14)11-19;1-19-15-6-2-12(3-7-15)11-20-9-8-13-4-5-14(18)10-16(13)17;9-4-3-6-1-2-7(11)5-8(6)10;9-8-5-7(10)2-1-6(8)3-4-11;1-9-8-4-2-7(6-10)3-5-8;;;/h2-7,10-11H,8-9,12H2,1H3;2-7,10H,8-9,11H2,1H3;1-2,5H,3-4H2;1-2,5,11H,3-4H2;2-5,10H,6H2,1H3;3*1H4. The third kappa shape index (κ3) is 29.8. The highest BCUT2D eigenvalue weighted by Gasteiger charge is 2.05. The van der Waals surface area contributed by atoms with Gasteiger partial charge in [-0.25, -0.2) is 0 Å². The fourth-order valence-corrected chi connectivity index (χ4v) is 11.6. The van der Waals surface area contributed by atoms with E-state index in [0.29, 0.717) is 22.0 Å². The molecule has 0 aromatic heterocycles. The Balaban J connectivity index is 0.000000949. The van der Waals surface area contributed by atoms with Crippen molar-refractivity contribution in [3.05, 3.63) is 224 Å². The van der Waals surface area contributed by atoms with Gasteiger partial charge in [-0.2, -0.15) is 36.2 Å². The van der Waals surface area contributed by atoms with E-state index >= 15 is 0 Å². The molecule has 0 bridgehead atoms. The topological polar surface area (TPSA) is 65.0 Å². The van der Waals surface area contributed by atoms with Crippen molar-refractivity contribution in [1.82, 2.24) is 0 Å². The predicted octanol–water partition coefficient (Wildman–Crippen LogP) is 20.9. The first kappa shape index (κ1) is 73.7. The average molecular weight is 1430 g/mol. The number of carbonyl (C=O) groups is 1. The second-order valence-electron chi connectivity index (χ2n) is 15.4. The molecule has 0 spiro atoms. The Labute approximate surface area is 522 Å². The van der Waals surface area contributed by atoms with Crippen LogP contribution in [0.15, 0.2) is 159 Å². The van der Waals surface area contributed by atoms with Crippen LogP contribution >= 0.6 is 146 Å². The third-order valence-electron chi connectivity index (χ3n) is 10.3. The Morgan fingerprint density at radius 2 is 0.816 bits per heavy atom. The van der Waals surface area contributed by atoms with Crippen molar-refractivity contribution in [3.8, 4) is 17.2 Å². The van der Waals surface area contributed by atoms with Gasteiger partial charge >= 0.3 is 0 Å². The minimum atomic E-state index is 0. The van der Waals surface area contributed by atoms with Crippen LogP contribution in [0.1, 0.15) is 71.6 Å². The summed E-state index contributed by atoms with van der Waals surface area (Å²) in [4.78, 5) is 11.0. The third-order valence-corrected chi connectivity index (χ3v) is 16.2. The summed E-state index contributed by atoms with van der Waals surface area (Å²) in [6, 6.07) is 47.1. The first-order chi connectivity index (χ1) is 35.2. The number of aliphatic hydroxyl groups is 1. The summed E-state index contributed by atoms with van der Waals surface area (Å²) < 4.78 is 18.4. The fourth-order valence-electron chi connectivity index (χ4n) is 6.22. The van der Waals surface area contributed by atoms with Gasteiger partial charge in [-0.05, 0) is 161 Å². The zero-order valence-electron chi connectivity index (χ0n) is 40.6. The molecule has 0 unspecified atom stereocenters. The molecule has 0 fully saturated rings. The maximum Gasteiger partial charge on any atom is 0.150 e. The Kier molecular flexibility index (Phi) is 42.2. The normalized spacial score (nSPS) is 9.80. The van der Waals surface area contributed by atoms with E-state index in [2.05, 4.69) is 107 Å². The molecule has 76 heavy (non-hydrogen) atoms. The minimum absolute atomic E-state index is 0. The molecule has 7 rings (SSSR count). The van der Waals surface area contributed by atoms with E-state index in [9.17, 15) is 4.79 Å². The number of thioether (sulfide) groups is 2. The van der Waals surface area contributed by atoms with E-state index in [1.165, 1.54) is 27.8 Å². The Morgan fingerprint density at radius 3 is 1.14 bits per heavy atom. The van der Waals surface area contributed by atoms with Crippen molar-refractivity contribution in [2.24, 2.45) is 0 Å². The van der Waals surface area contributed by atoms with E-state index < -0.39 is 0 Å². The molecule has 0 radical (unpaired) electrons. The lowest BCUT2D eigenvalue weighted by Crippen LogP contribution is -1.95. The summed E-state index contributed by atoms with van der Waals surface area (Å²) >= 11 is 45.0. The van der Waals surface area contributed by atoms with E-state index in [-0.39, 0.29) is 28.9 Å². The van der Waals surface area contributed by atoms with Gasteiger partial charge in [0.2, 0.25) is 0 Å². The van der Waals surface area contributed by atoms with Gasteiger partial charge in [-0.3, -0.25) is 4.79 Å². The lowest BCUT2D eigenvalue weighted by molar-refractivity contribution is 0.112. The van der Waals surface area contributed by atoms with Crippen LogP contribution in [0, 0.1) is 0 Å². The van der Waals surface area contributed by atoms with Crippen LogP contribution in [0.2, 0.25) is 20.1 Å². The number of alkyl halides is 1. The van der Waals surface area contributed by atoms with Gasteiger partial charge in [0, 0.05) is 68.3 Å². The van der Waals surface area contributed by atoms with Gasteiger partial charge in [0.25, 0.3) is 0 Å². The summed E-state index contributed by atoms with van der Waals surface area (Å²) in [5.74, 6) is 7.49. The zero-order chi connectivity index (χ0) is 53.4. The van der Waals surface area contributed by atoms with Gasteiger partial charge < -0.3 is 19.3 Å². The van der Waals surface area contributed by atoms with Crippen molar-refractivity contribution in [2.45, 2.75) is 65.2 Å². The van der Waals surface area contributed by atoms with Crippen LogP contribution in [-0.4, -0.2) is 56.2 Å². The number of aryl methyl sites for hydroxylation is 3. The summed E-state index contributed by atoms with van der Waals surface area (Å²) in [5.41, 5.74) is 9.21. The minimum Gasteiger partial charge on any atom is -0.497 e. The first-order valence-corrected chi connectivity index (χ1v) is 30.6. The number of hydrogen-bond acceptors (Lipinski definition) is 8. The molecule has 0 saturated carbocycles. The smallest absolute Gasteiger partial charge is 0.150 e. The zero-order valence-corrected chi connectivity index (χ0v) is 52.5. The number of aldehydes is 1. The van der Waals surface area contributed by atoms with Crippen LogP contribution in [-0.2, 0) is 42.9 Å². The largest absolute Gasteiger partial charge is 0.497 e. The molecule has 0 atom stereocenters. The molecule has 0 aliphatic heterocycles. The molecule has 1 N–H and O–H groups in total. The quantitative estimate of drug-likeness (QED) is 0.0362. The Morgan fingerprint density at radius 1 is 0.487 bits per heavy atom. The number of hydrogen-bond donors (Lipinski definition) is 2. The predicted molar refractivity (Wildman–Crippen MR) is 354 cm³/mol. The van der Waals surface area contributed by atoms with Gasteiger partial charge in [0.15, 0.2) is 0 Å². The second kappa shape index (κ2) is 43.5. The molecule has 0 saturated heterocycles. The average Bonchev–Trinajstić information content (AvgIpc) is 3.40. The molecule has 0 heterocycles. The van der Waals surface area contributed by atoms with E-state index in [4.69, 9.17) is 65.7 Å². The van der Waals surface area contributed by atoms with Crippen molar-refractivity contribution in [2.75, 3.05) is 44.8 Å². The van der Waals surface area contributed by atoms with Gasteiger partial charge in [-0.15, -0.1) is 0 Å². The number of halogens is 8. The lowest BCUT2D eigenvalue weighted by atomic mass is 10.1. The highest BCUT2D eigenvalue weighted by molar-refractivity contribution is 9.11. The molecule has 5 nitrogen and oxygen atoms in total. The molecular formula is C60H70Br4Cl4O5S3. The summed E-state index contributed by atoms with van der Waals surface area (Å²) in [5, 5.41) is 12.5.